The smallest absolute Gasteiger partial charge is 0.310 e. The number of esters is 1. The maximum Gasteiger partial charge on any atom is 0.310 e. The third kappa shape index (κ3) is 2.54. The average Bonchev–Trinajstić information content (AvgIpc) is 2.11. The first-order valence-corrected chi connectivity index (χ1v) is 3.95. The number of ether oxygens (including phenoxy) is 1. The Kier molecular flexibility index (Phi) is 3.01. The van der Waals surface area contributed by atoms with E-state index in [2.05, 4.69) is 4.74 Å². The number of hydrogen-bond acceptors (Lipinski definition) is 2. The molecule has 0 aliphatic carbocycles. The standard InChI is InChI=1S/C10H11FO2/c1-7-3-4-9(11)8(5-7)6-10(12)13-2/h3-5H,6H2,1-2H3. The molecule has 13 heavy (non-hydrogen) atoms. The van der Waals surface area contributed by atoms with Crippen LogP contribution in [0.3, 0.4) is 0 Å². The molecule has 0 saturated carbocycles. The fourth-order valence-corrected chi connectivity index (χ4v) is 1.07. The molecule has 0 saturated heterocycles. The Morgan fingerprint density at radius 3 is 2.85 bits per heavy atom. The first-order chi connectivity index (χ1) is 6.13. The van der Waals surface area contributed by atoms with Gasteiger partial charge in [0.25, 0.3) is 0 Å². The Morgan fingerprint density at radius 2 is 2.23 bits per heavy atom. The summed E-state index contributed by atoms with van der Waals surface area (Å²) in [7, 11) is 1.29. The molecule has 0 heterocycles. The van der Waals surface area contributed by atoms with Crippen molar-refractivity contribution in [2.45, 2.75) is 13.3 Å². The van der Waals surface area contributed by atoms with E-state index in [1.165, 1.54) is 13.2 Å². The Labute approximate surface area is 76.3 Å². The van der Waals surface area contributed by atoms with Crippen molar-refractivity contribution in [2.75, 3.05) is 7.11 Å². The number of hydrogen-bond donors (Lipinski definition) is 0. The Hall–Kier alpha value is -1.38. The minimum atomic E-state index is -0.426. The molecule has 0 aliphatic rings. The molecule has 2 nitrogen and oxygen atoms in total. The van der Waals surface area contributed by atoms with Crippen molar-refractivity contribution in [3.05, 3.63) is 35.1 Å². The second kappa shape index (κ2) is 4.03. The molecule has 0 unspecified atom stereocenters. The highest BCUT2D eigenvalue weighted by molar-refractivity contribution is 5.72. The molecule has 0 fully saturated rings. The summed E-state index contributed by atoms with van der Waals surface area (Å²) in [5.74, 6) is -0.791. The lowest BCUT2D eigenvalue weighted by Gasteiger charge is -2.02. The first-order valence-electron chi connectivity index (χ1n) is 3.95. The fourth-order valence-electron chi connectivity index (χ4n) is 1.07. The minimum absolute atomic E-state index is 0.00991. The Morgan fingerprint density at radius 1 is 1.54 bits per heavy atom. The van der Waals surface area contributed by atoms with E-state index in [0.717, 1.165) is 5.56 Å². The molecule has 3 heteroatoms. The van der Waals surface area contributed by atoms with Crippen LogP contribution in [0.25, 0.3) is 0 Å². The van der Waals surface area contributed by atoms with E-state index in [9.17, 15) is 9.18 Å². The van der Waals surface area contributed by atoms with E-state index >= 15 is 0 Å². The van der Waals surface area contributed by atoms with Crippen LogP contribution in [-0.2, 0) is 16.0 Å². The average molecular weight is 182 g/mol. The SMILES string of the molecule is COC(=O)Cc1cc(C)ccc1F. The monoisotopic (exact) mass is 182 g/mol. The van der Waals surface area contributed by atoms with E-state index in [1.54, 1.807) is 12.1 Å². The molecular weight excluding hydrogens is 171 g/mol. The van der Waals surface area contributed by atoms with Crippen LogP contribution in [0.5, 0.6) is 0 Å². The molecule has 0 N–H and O–H groups in total. The molecule has 0 aromatic heterocycles. The topological polar surface area (TPSA) is 26.3 Å². The molecule has 0 atom stereocenters. The van der Waals surface area contributed by atoms with Gasteiger partial charge in [-0.25, -0.2) is 4.39 Å². The lowest BCUT2D eigenvalue weighted by molar-refractivity contribution is -0.139. The summed E-state index contributed by atoms with van der Waals surface area (Å²) in [5, 5.41) is 0. The number of carbonyl (C=O) groups is 1. The Bertz CT molecular complexity index is 321. The van der Waals surface area contributed by atoms with E-state index in [0.29, 0.717) is 5.56 Å². The summed E-state index contributed by atoms with van der Waals surface area (Å²) in [4.78, 5) is 10.9. The van der Waals surface area contributed by atoms with Crippen molar-refractivity contribution in [1.29, 1.82) is 0 Å². The molecule has 0 amide bonds. The highest BCUT2D eigenvalue weighted by Gasteiger charge is 2.07. The van der Waals surface area contributed by atoms with Crippen LogP contribution in [0.1, 0.15) is 11.1 Å². The molecule has 0 radical (unpaired) electrons. The Balaban J connectivity index is 2.87. The molecule has 70 valence electrons. The van der Waals surface area contributed by atoms with E-state index < -0.39 is 5.97 Å². The van der Waals surface area contributed by atoms with E-state index in [1.807, 2.05) is 6.92 Å². The van der Waals surface area contributed by atoms with Gasteiger partial charge in [-0.3, -0.25) is 4.79 Å². The van der Waals surface area contributed by atoms with Gasteiger partial charge in [0.1, 0.15) is 5.82 Å². The fraction of sp³-hybridized carbons (Fsp3) is 0.300. The second-order valence-electron chi connectivity index (χ2n) is 2.85. The third-order valence-electron chi connectivity index (χ3n) is 1.76. The number of aryl methyl sites for hydroxylation is 1. The zero-order chi connectivity index (χ0) is 9.84. The summed E-state index contributed by atoms with van der Waals surface area (Å²) in [6, 6.07) is 4.66. The van der Waals surface area contributed by atoms with Gasteiger partial charge in [0.15, 0.2) is 0 Å². The van der Waals surface area contributed by atoms with Gasteiger partial charge in [-0.1, -0.05) is 17.7 Å². The largest absolute Gasteiger partial charge is 0.469 e. The number of carbonyl (C=O) groups excluding carboxylic acids is 1. The predicted molar refractivity (Wildman–Crippen MR) is 46.9 cm³/mol. The molecule has 0 aliphatic heterocycles. The van der Waals surface area contributed by atoms with Crippen molar-refractivity contribution in [3.8, 4) is 0 Å². The lowest BCUT2D eigenvalue weighted by atomic mass is 10.1. The van der Waals surface area contributed by atoms with Gasteiger partial charge in [0, 0.05) is 0 Å². The second-order valence-corrected chi connectivity index (χ2v) is 2.85. The van der Waals surface area contributed by atoms with Crippen LogP contribution >= 0.6 is 0 Å². The summed E-state index contributed by atoms with van der Waals surface area (Å²) in [5.41, 5.74) is 1.31. The maximum absolute atomic E-state index is 13.1. The quantitative estimate of drug-likeness (QED) is 0.652. The van der Waals surface area contributed by atoms with Crippen molar-refractivity contribution in [1.82, 2.24) is 0 Å². The van der Waals surface area contributed by atoms with Crippen LogP contribution in [-0.4, -0.2) is 13.1 Å². The zero-order valence-electron chi connectivity index (χ0n) is 7.63. The molecular formula is C10H11FO2. The van der Waals surface area contributed by atoms with E-state index in [4.69, 9.17) is 0 Å². The van der Waals surface area contributed by atoms with Crippen LogP contribution in [0.4, 0.5) is 4.39 Å². The van der Waals surface area contributed by atoms with Crippen molar-refractivity contribution < 1.29 is 13.9 Å². The number of rotatable bonds is 2. The van der Waals surface area contributed by atoms with Crippen LogP contribution in [0.2, 0.25) is 0 Å². The summed E-state index contributed by atoms with van der Waals surface area (Å²) < 4.78 is 17.5. The van der Waals surface area contributed by atoms with Crippen molar-refractivity contribution >= 4 is 5.97 Å². The normalized spacial score (nSPS) is 9.77. The van der Waals surface area contributed by atoms with Crippen LogP contribution in [0.15, 0.2) is 18.2 Å². The molecule has 0 bridgehead atoms. The van der Waals surface area contributed by atoms with Crippen molar-refractivity contribution in [3.63, 3.8) is 0 Å². The van der Waals surface area contributed by atoms with Gasteiger partial charge < -0.3 is 4.74 Å². The van der Waals surface area contributed by atoms with Gasteiger partial charge in [0.2, 0.25) is 0 Å². The zero-order valence-corrected chi connectivity index (χ0v) is 7.63. The van der Waals surface area contributed by atoms with Gasteiger partial charge in [-0.05, 0) is 18.6 Å². The van der Waals surface area contributed by atoms with Gasteiger partial charge in [0.05, 0.1) is 13.5 Å². The first kappa shape index (κ1) is 9.71. The van der Waals surface area contributed by atoms with Crippen LogP contribution < -0.4 is 0 Å². The minimum Gasteiger partial charge on any atom is -0.469 e. The molecule has 0 spiro atoms. The molecule has 1 rings (SSSR count). The van der Waals surface area contributed by atoms with Crippen LogP contribution in [0, 0.1) is 12.7 Å². The number of halogens is 1. The molecule has 1 aromatic carbocycles. The highest BCUT2D eigenvalue weighted by atomic mass is 19.1. The lowest BCUT2D eigenvalue weighted by Crippen LogP contribution is -2.06. The summed E-state index contributed by atoms with van der Waals surface area (Å²) >= 11 is 0. The highest BCUT2D eigenvalue weighted by Crippen LogP contribution is 2.10. The van der Waals surface area contributed by atoms with Gasteiger partial charge >= 0.3 is 5.97 Å². The third-order valence-corrected chi connectivity index (χ3v) is 1.76. The summed E-state index contributed by atoms with van der Waals surface area (Å²) in [6.45, 7) is 1.85. The summed E-state index contributed by atoms with van der Waals surface area (Å²) in [6.07, 6.45) is -0.00991. The molecule has 1 aromatic rings. The van der Waals surface area contributed by atoms with Crippen molar-refractivity contribution in [2.24, 2.45) is 0 Å². The number of benzene rings is 1. The van der Waals surface area contributed by atoms with E-state index in [-0.39, 0.29) is 12.2 Å². The van der Waals surface area contributed by atoms with Gasteiger partial charge in [-0.15, -0.1) is 0 Å². The predicted octanol–water partition coefficient (Wildman–Crippen LogP) is 1.85. The maximum atomic E-state index is 13.1. The number of methoxy groups -OCH3 is 1. The van der Waals surface area contributed by atoms with Gasteiger partial charge in [-0.2, -0.15) is 0 Å².